The average Bonchev–Trinajstić information content (AvgIpc) is 2.88. The maximum Gasteiger partial charge on any atom is 0.326 e. The Morgan fingerprint density at radius 3 is 2.31 bits per heavy atom. The highest BCUT2D eigenvalue weighted by Gasteiger charge is 2.35. The number of benzene rings is 2. The molecule has 2 aromatic rings. The third-order valence-corrected chi connectivity index (χ3v) is 4.54. The second-order valence-electron chi connectivity index (χ2n) is 6.23. The van der Waals surface area contributed by atoms with Gasteiger partial charge in [-0.1, -0.05) is 41.9 Å². The maximum absolute atomic E-state index is 12.5. The van der Waals surface area contributed by atoms with Gasteiger partial charge in [0.15, 0.2) is 5.92 Å². The lowest BCUT2D eigenvalue weighted by Crippen LogP contribution is -2.36. The summed E-state index contributed by atoms with van der Waals surface area (Å²) in [6.07, 6.45) is 0. The number of ether oxygens (including phenoxy) is 2. The van der Waals surface area contributed by atoms with E-state index in [1.807, 2.05) is 30.3 Å². The predicted molar refractivity (Wildman–Crippen MR) is 112 cm³/mol. The molecule has 1 aliphatic heterocycles. The fourth-order valence-electron chi connectivity index (χ4n) is 3.05. The number of nitrogens with zero attached hydrogens (tertiary/aromatic N) is 2. The average molecular weight is 413 g/mol. The minimum Gasteiger partial charge on any atom is -0.465 e. The van der Waals surface area contributed by atoms with Crippen LogP contribution >= 0.6 is 11.6 Å². The first-order valence-electron chi connectivity index (χ1n) is 9.35. The van der Waals surface area contributed by atoms with Crippen molar-refractivity contribution in [3.8, 4) is 0 Å². The second-order valence-corrected chi connectivity index (χ2v) is 6.67. The summed E-state index contributed by atoms with van der Waals surface area (Å²) in [5.41, 5.74) is 3.15. The Hall–Kier alpha value is -2.99. The van der Waals surface area contributed by atoms with E-state index < -0.39 is 17.9 Å². The van der Waals surface area contributed by atoms with Crippen molar-refractivity contribution in [2.75, 3.05) is 19.8 Å². The summed E-state index contributed by atoms with van der Waals surface area (Å²) in [5, 5.41) is 0.540. The molecule has 1 heterocycles. The largest absolute Gasteiger partial charge is 0.465 e. The minimum absolute atomic E-state index is 0.0544. The van der Waals surface area contributed by atoms with Crippen molar-refractivity contribution in [3.05, 3.63) is 64.7 Å². The van der Waals surface area contributed by atoms with Crippen LogP contribution in [0.4, 0.5) is 5.69 Å². The fraction of sp³-hybridized carbons (Fsp3) is 0.273. The molecule has 0 aliphatic carbocycles. The first-order chi connectivity index (χ1) is 14.0. The molecular formula is C22H21ClN2O4. The molecule has 0 spiro atoms. The lowest BCUT2D eigenvalue weighted by molar-refractivity contribution is -0.157. The van der Waals surface area contributed by atoms with Crippen molar-refractivity contribution < 1.29 is 19.1 Å². The molecule has 6 nitrogen and oxygen atoms in total. The Morgan fingerprint density at radius 1 is 1.03 bits per heavy atom. The Kier molecular flexibility index (Phi) is 6.77. The maximum atomic E-state index is 12.5. The van der Waals surface area contributed by atoms with Gasteiger partial charge >= 0.3 is 11.9 Å². The standard InChI is InChI=1S/C22H21ClN2O4/c1-3-28-21(26)19(22(27)29-4-2)18-13-24-20(14-8-6-5-7-9-14)16-12-15(23)10-11-17(16)25-18/h5-12,19H,3-4,13H2,1-2H3. The monoisotopic (exact) mass is 412 g/mol. The first kappa shape index (κ1) is 20.7. The van der Waals surface area contributed by atoms with Crippen LogP contribution in [0.1, 0.15) is 25.0 Å². The van der Waals surface area contributed by atoms with E-state index in [4.69, 9.17) is 21.1 Å². The molecule has 0 amide bonds. The van der Waals surface area contributed by atoms with Gasteiger partial charge in [0, 0.05) is 16.1 Å². The number of rotatable bonds is 6. The van der Waals surface area contributed by atoms with Crippen LogP contribution in [0.2, 0.25) is 5.02 Å². The molecule has 0 saturated heterocycles. The van der Waals surface area contributed by atoms with Crippen molar-refractivity contribution in [2.45, 2.75) is 13.8 Å². The molecule has 7 heteroatoms. The van der Waals surface area contributed by atoms with Gasteiger partial charge in [0.1, 0.15) is 0 Å². The van der Waals surface area contributed by atoms with Gasteiger partial charge in [-0.2, -0.15) is 0 Å². The first-order valence-corrected chi connectivity index (χ1v) is 9.73. The molecule has 0 fully saturated rings. The Morgan fingerprint density at radius 2 is 1.69 bits per heavy atom. The number of fused-ring (bicyclic) bond motifs is 1. The molecule has 1 aliphatic rings. The number of carbonyl (C=O) groups is 2. The summed E-state index contributed by atoms with van der Waals surface area (Å²) in [6, 6.07) is 14.8. The van der Waals surface area contributed by atoms with Crippen LogP contribution in [0, 0.1) is 5.92 Å². The quantitative estimate of drug-likeness (QED) is 0.530. The number of hydrogen-bond acceptors (Lipinski definition) is 6. The van der Waals surface area contributed by atoms with Gasteiger partial charge in [0.25, 0.3) is 0 Å². The van der Waals surface area contributed by atoms with Gasteiger partial charge < -0.3 is 9.47 Å². The number of esters is 2. The molecule has 0 N–H and O–H groups in total. The van der Waals surface area contributed by atoms with Crippen LogP contribution in [0.25, 0.3) is 0 Å². The third kappa shape index (κ3) is 4.71. The van der Waals surface area contributed by atoms with Crippen LogP contribution < -0.4 is 0 Å². The summed E-state index contributed by atoms with van der Waals surface area (Å²) in [7, 11) is 0. The summed E-state index contributed by atoms with van der Waals surface area (Å²) in [6.45, 7) is 3.70. The molecular weight excluding hydrogens is 392 g/mol. The van der Waals surface area contributed by atoms with Gasteiger partial charge in [-0.3, -0.25) is 19.6 Å². The van der Waals surface area contributed by atoms with Crippen molar-refractivity contribution >= 4 is 40.7 Å². The van der Waals surface area contributed by atoms with Crippen LogP contribution in [0.5, 0.6) is 0 Å². The topological polar surface area (TPSA) is 77.3 Å². The molecule has 3 rings (SSSR count). The van der Waals surface area contributed by atoms with Gasteiger partial charge in [0.2, 0.25) is 0 Å². The van der Waals surface area contributed by atoms with Crippen molar-refractivity contribution in [1.29, 1.82) is 0 Å². The van der Waals surface area contributed by atoms with Crippen LogP contribution in [-0.4, -0.2) is 43.1 Å². The van der Waals surface area contributed by atoms with Gasteiger partial charge in [-0.25, -0.2) is 0 Å². The van der Waals surface area contributed by atoms with Crippen LogP contribution in [0.15, 0.2) is 58.5 Å². The normalized spacial score (nSPS) is 13.1. The van der Waals surface area contributed by atoms with Crippen LogP contribution in [-0.2, 0) is 19.1 Å². The lowest BCUT2D eigenvalue weighted by atomic mass is 10.0. The molecule has 0 atom stereocenters. The molecule has 29 heavy (non-hydrogen) atoms. The van der Waals surface area contributed by atoms with Gasteiger partial charge in [-0.15, -0.1) is 0 Å². The van der Waals surface area contributed by atoms with E-state index in [1.54, 1.807) is 32.0 Å². The number of aliphatic imine (C=N–C) groups is 2. The van der Waals surface area contributed by atoms with E-state index in [9.17, 15) is 9.59 Å². The summed E-state index contributed by atoms with van der Waals surface area (Å²) in [4.78, 5) is 34.3. The van der Waals surface area contributed by atoms with Crippen molar-refractivity contribution in [2.24, 2.45) is 15.9 Å². The summed E-state index contributed by atoms with van der Waals surface area (Å²) < 4.78 is 10.2. The van der Waals surface area contributed by atoms with E-state index in [2.05, 4.69) is 9.98 Å². The molecule has 0 radical (unpaired) electrons. The molecule has 0 bridgehead atoms. The number of hydrogen-bond donors (Lipinski definition) is 0. The molecule has 0 aromatic heterocycles. The Balaban J connectivity index is 2.11. The molecule has 2 aromatic carbocycles. The van der Waals surface area contributed by atoms with Gasteiger partial charge in [0.05, 0.1) is 36.9 Å². The van der Waals surface area contributed by atoms with Crippen molar-refractivity contribution in [3.63, 3.8) is 0 Å². The van der Waals surface area contributed by atoms with Crippen LogP contribution in [0.3, 0.4) is 0 Å². The third-order valence-electron chi connectivity index (χ3n) is 4.30. The highest BCUT2D eigenvalue weighted by molar-refractivity contribution is 6.32. The predicted octanol–water partition coefficient (Wildman–Crippen LogP) is 4.01. The minimum atomic E-state index is -1.27. The molecule has 150 valence electrons. The highest BCUT2D eigenvalue weighted by atomic mass is 35.5. The summed E-state index contributed by atoms with van der Waals surface area (Å²) >= 11 is 6.21. The van der Waals surface area contributed by atoms with E-state index in [1.165, 1.54) is 0 Å². The lowest BCUT2D eigenvalue weighted by Gasteiger charge is -2.15. The highest BCUT2D eigenvalue weighted by Crippen LogP contribution is 2.29. The van der Waals surface area contributed by atoms with Gasteiger partial charge in [-0.05, 0) is 32.0 Å². The Labute approximate surface area is 174 Å². The van der Waals surface area contributed by atoms with E-state index in [-0.39, 0.29) is 25.5 Å². The van der Waals surface area contributed by atoms with E-state index in [0.29, 0.717) is 16.4 Å². The number of halogens is 1. The van der Waals surface area contributed by atoms with E-state index >= 15 is 0 Å². The number of carbonyl (C=O) groups excluding carboxylic acids is 2. The Bertz CT molecular complexity index is 952. The zero-order valence-corrected chi connectivity index (χ0v) is 17.0. The SMILES string of the molecule is CCOC(=O)C(C(=O)OCC)C1=Nc2ccc(Cl)cc2C(c2ccccc2)=NC1. The molecule has 0 unspecified atom stereocenters. The zero-order chi connectivity index (χ0) is 20.8. The zero-order valence-electron chi connectivity index (χ0n) is 16.2. The second kappa shape index (κ2) is 9.47. The van der Waals surface area contributed by atoms with Crippen molar-refractivity contribution in [1.82, 2.24) is 0 Å². The molecule has 0 saturated carbocycles. The fourth-order valence-corrected chi connectivity index (χ4v) is 3.22. The summed E-state index contributed by atoms with van der Waals surface area (Å²) in [5.74, 6) is -2.66. The van der Waals surface area contributed by atoms with E-state index in [0.717, 1.165) is 11.1 Å². The smallest absolute Gasteiger partial charge is 0.326 e.